The Morgan fingerprint density at radius 3 is 2.19 bits per heavy atom. The van der Waals surface area contributed by atoms with Crippen molar-refractivity contribution in [2.45, 2.75) is 30.6 Å². The molecule has 2 aromatic rings. The van der Waals surface area contributed by atoms with Crippen molar-refractivity contribution in [3.8, 4) is 5.75 Å². The van der Waals surface area contributed by atoms with Gasteiger partial charge in [-0.1, -0.05) is 30.3 Å². The summed E-state index contributed by atoms with van der Waals surface area (Å²) >= 11 is 0. The van der Waals surface area contributed by atoms with E-state index in [1.165, 1.54) is 22.5 Å². The Morgan fingerprint density at radius 2 is 1.53 bits per heavy atom. The maximum Gasteiger partial charge on any atom is 0.245 e. The van der Waals surface area contributed by atoms with Gasteiger partial charge in [-0.15, -0.1) is 0 Å². The van der Waals surface area contributed by atoms with E-state index in [-0.39, 0.29) is 29.8 Å². The predicted octanol–water partition coefficient (Wildman–Crippen LogP) is 3.54. The maximum absolute atomic E-state index is 14.0. The summed E-state index contributed by atoms with van der Waals surface area (Å²) in [5, 5.41) is 0. The fourth-order valence-corrected chi connectivity index (χ4v) is 5.98. The molecule has 2 aromatic carbocycles. The molecule has 0 aliphatic carbocycles. The Kier molecular flexibility index (Phi) is 7.10. The molecular weight excluding hydrogens is 431 g/mol. The lowest BCUT2D eigenvalue weighted by Gasteiger charge is -2.37. The zero-order valence-electron chi connectivity index (χ0n) is 18.0. The largest absolute Gasteiger partial charge is 0.493 e. The summed E-state index contributed by atoms with van der Waals surface area (Å²) in [7, 11) is -3.88. The molecule has 2 fully saturated rings. The van der Waals surface area contributed by atoms with Crippen LogP contribution in [0.4, 0.5) is 4.39 Å². The highest BCUT2D eigenvalue weighted by molar-refractivity contribution is 7.89. The van der Waals surface area contributed by atoms with Crippen molar-refractivity contribution >= 4 is 15.9 Å². The highest BCUT2D eigenvalue weighted by Gasteiger charge is 2.35. The number of piperidine rings is 2. The van der Waals surface area contributed by atoms with Crippen LogP contribution in [0.5, 0.6) is 5.75 Å². The van der Waals surface area contributed by atoms with Crippen LogP contribution < -0.4 is 4.74 Å². The van der Waals surface area contributed by atoms with Crippen LogP contribution in [0.2, 0.25) is 0 Å². The molecule has 0 bridgehead atoms. The summed E-state index contributed by atoms with van der Waals surface area (Å²) in [6.45, 7) is 2.52. The van der Waals surface area contributed by atoms with Gasteiger partial charge in [0.15, 0.2) is 0 Å². The number of para-hydroxylation sites is 1. The normalized spacial score (nSPS) is 19.1. The van der Waals surface area contributed by atoms with Gasteiger partial charge in [-0.25, -0.2) is 12.8 Å². The van der Waals surface area contributed by atoms with Crippen LogP contribution in [0.3, 0.4) is 0 Å². The van der Waals surface area contributed by atoms with Crippen molar-refractivity contribution < 1.29 is 22.3 Å². The highest BCUT2D eigenvalue weighted by Crippen LogP contribution is 2.28. The fraction of sp³-hybridized carbons (Fsp3) is 0.458. The topological polar surface area (TPSA) is 66.9 Å². The molecule has 2 aliphatic rings. The summed E-state index contributed by atoms with van der Waals surface area (Å²) in [6, 6.07) is 15.2. The smallest absolute Gasteiger partial charge is 0.245 e. The van der Waals surface area contributed by atoms with Gasteiger partial charge in [0.1, 0.15) is 16.5 Å². The van der Waals surface area contributed by atoms with Gasteiger partial charge < -0.3 is 9.64 Å². The third kappa shape index (κ3) is 5.13. The first-order chi connectivity index (χ1) is 15.4. The molecule has 0 saturated carbocycles. The Hall–Kier alpha value is -2.45. The number of carbonyl (C=O) groups excluding carboxylic acids is 1. The number of carbonyl (C=O) groups is 1. The van der Waals surface area contributed by atoms with E-state index in [9.17, 15) is 17.6 Å². The van der Waals surface area contributed by atoms with E-state index >= 15 is 0 Å². The van der Waals surface area contributed by atoms with Crippen molar-refractivity contribution in [1.29, 1.82) is 0 Å². The molecule has 4 rings (SSSR count). The number of nitrogens with zero attached hydrogens (tertiary/aromatic N) is 2. The van der Waals surface area contributed by atoms with Crippen LogP contribution in [0.1, 0.15) is 25.7 Å². The van der Waals surface area contributed by atoms with E-state index in [0.29, 0.717) is 38.5 Å². The number of hydrogen-bond donors (Lipinski definition) is 0. The SMILES string of the molecule is O=C(C1CCN(S(=O)(=O)c2ccccc2F)CC1)N1CCC(COc2ccccc2)CC1. The predicted molar refractivity (Wildman–Crippen MR) is 119 cm³/mol. The average Bonchev–Trinajstić information content (AvgIpc) is 2.83. The number of ether oxygens (including phenoxy) is 1. The quantitative estimate of drug-likeness (QED) is 0.661. The number of halogens is 1. The van der Waals surface area contributed by atoms with Gasteiger partial charge in [0.2, 0.25) is 15.9 Å². The lowest BCUT2D eigenvalue weighted by molar-refractivity contribution is -0.138. The molecule has 32 heavy (non-hydrogen) atoms. The first kappa shape index (κ1) is 22.7. The van der Waals surface area contributed by atoms with Crippen molar-refractivity contribution in [3.63, 3.8) is 0 Å². The first-order valence-electron chi connectivity index (χ1n) is 11.2. The zero-order valence-corrected chi connectivity index (χ0v) is 18.8. The minimum absolute atomic E-state index is 0.107. The molecule has 0 radical (unpaired) electrons. The second-order valence-electron chi connectivity index (χ2n) is 8.50. The summed E-state index contributed by atoms with van der Waals surface area (Å²) in [4.78, 5) is 14.6. The van der Waals surface area contributed by atoms with Crippen LogP contribution in [0.15, 0.2) is 59.5 Å². The van der Waals surface area contributed by atoms with E-state index in [4.69, 9.17) is 4.74 Å². The molecule has 2 saturated heterocycles. The number of likely N-dealkylation sites (tertiary alicyclic amines) is 1. The summed E-state index contributed by atoms with van der Waals surface area (Å²) in [5.74, 6) is 0.467. The van der Waals surface area contributed by atoms with Gasteiger partial charge in [0, 0.05) is 32.1 Å². The molecule has 0 atom stereocenters. The van der Waals surface area contributed by atoms with Crippen molar-refractivity contribution in [3.05, 3.63) is 60.4 Å². The van der Waals surface area contributed by atoms with Gasteiger partial charge in [0.05, 0.1) is 6.61 Å². The maximum atomic E-state index is 14.0. The van der Waals surface area contributed by atoms with Crippen LogP contribution in [-0.2, 0) is 14.8 Å². The molecule has 6 nitrogen and oxygen atoms in total. The molecular formula is C24H29FN2O4S. The van der Waals surface area contributed by atoms with Crippen molar-refractivity contribution in [2.75, 3.05) is 32.8 Å². The number of sulfonamides is 1. The summed E-state index contributed by atoms with van der Waals surface area (Å²) in [6.07, 6.45) is 2.73. The summed E-state index contributed by atoms with van der Waals surface area (Å²) in [5.41, 5.74) is 0. The molecule has 0 aromatic heterocycles. The fourth-order valence-electron chi connectivity index (χ4n) is 4.45. The Bertz CT molecular complexity index is 1020. The van der Waals surface area contributed by atoms with E-state index in [0.717, 1.165) is 24.7 Å². The minimum atomic E-state index is -3.88. The van der Waals surface area contributed by atoms with E-state index < -0.39 is 15.8 Å². The van der Waals surface area contributed by atoms with E-state index in [1.54, 1.807) is 0 Å². The lowest BCUT2D eigenvalue weighted by atomic mass is 9.93. The van der Waals surface area contributed by atoms with Crippen LogP contribution in [0, 0.1) is 17.7 Å². The van der Waals surface area contributed by atoms with E-state index in [1.807, 2.05) is 35.2 Å². The van der Waals surface area contributed by atoms with Gasteiger partial charge in [-0.05, 0) is 55.9 Å². The van der Waals surface area contributed by atoms with Crippen LogP contribution in [-0.4, -0.2) is 56.3 Å². The zero-order chi connectivity index (χ0) is 22.6. The number of benzene rings is 2. The molecule has 8 heteroatoms. The standard InChI is InChI=1S/C24H29FN2O4S/c25-22-8-4-5-9-23(22)32(29,30)27-16-12-20(13-17-27)24(28)26-14-10-19(11-15-26)18-31-21-6-2-1-3-7-21/h1-9,19-20H,10-18H2. The van der Waals surface area contributed by atoms with E-state index in [2.05, 4.69) is 0 Å². The Morgan fingerprint density at radius 1 is 0.906 bits per heavy atom. The first-order valence-corrected chi connectivity index (χ1v) is 12.6. The highest BCUT2D eigenvalue weighted by atomic mass is 32.2. The average molecular weight is 461 g/mol. The molecule has 2 aliphatic heterocycles. The lowest BCUT2D eigenvalue weighted by Crippen LogP contribution is -2.47. The molecule has 172 valence electrons. The number of hydrogen-bond acceptors (Lipinski definition) is 4. The van der Waals surface area contributed by atoms with Gasteiger partial charge in [-0.2, -0.15) is 4.31 Å². The van der Waals surface area contributed by atoms with Crippen LogP contribution in [0.25, 0.3) is 0 Å². The van der Waals surface area contributed by atoms with Gasteiger partial charge in [0.25, 0.3) is 0 Å². The van der Waals surface area contributed by atoms with Crippen LogP contribution >= 0.6 is 0 Å². The molecule has 0 spiro atoms. The Balaban J connectivity index is 1.25. The molecule has 0 N–H and O–H groups in total. The van der Waals surface area contributed by atoms with Gasteiger partial charge in [-0.3, -0.25) is 4.79 Å². The Labute approximate surface area is 189 Å². The molecule has 0 unspecified atom stereocenters. The van der Waals surface area contributed by atoms with Crippen molar-refractivity contribution in [1.82, 2.24) is 9.21 Å². The number of amides is 1. The molecule has 2 heterocycles. The third-order valence-electron chi connectivity index (χ3n) is 6.41. The molecule has 1 amide bonds. The second kappa shape index (κ2) is 10.0. The second-order valence-corrected chi connectivity index (χ2v) is 10.4. The summed E-state index contributed by atoms with van der Waals surface area (Å²) < 4.78 is 46.7. The van der Waals surface area contributed by atoms with Gasteiger partial charge >= 0.3 is 0 Å². The monoisotopic (exact) mass is 460 g/mol. The minimum Gasteiger partial charge on any atom is -0.493 e. The third-order valence-corrected chi connectivity index (χ3v) is 8.34. The number of rotatable bonds is 6. The van der Waals surface area contributed by atoms with Crippen molar-refractivity contribution in [2.24, 2.45) is 11.8 Å².